The van der Waals surface area contributed by atoms with E-state index < -0.39 is 0 Å². The van der Waals surface area contributed by atoms with Crippen molar-refractivity contribution < 1.29 is 4.79 Å². The van der Waals surface area contributed by atoms with Gasteiger partial charge in [-0.15, -0.1) is 0 Å². The third-order valence-electron chi connectivity index (χ3n) is 4.46. The average molecular weight is 317 g/mol. The van der Waals surface area contributed by atoms with Crippen molar-refractivity contribution in [3.8, 4) is 0 Å². The lowest BCUT2D eigenvalue weighted by Crippen LogP contribution is -2.38. The zero-order valence-corrected chi connectivity index (χ0v) is 14.8. The summed E-state index contributed by atoms with van der Waals surface area (Å²) in [4.78, 5) is 16.8. The van der Waals surface area contributed by atoms with E-state index in [1.54, 1.807) is 0 Å². The Balaban J connectivity index is 1.81. The van der Waals surface area contributed by atoms with Crippen molar-refractivity contribution in [2.45, 2.75) is 45.7 Å². The van der Waals surface area contributed by atoms with Crippen LogP contribution in [0.25, 0.3) is 0 Å². The molecule has 0 radical (unpaired) electrons. The molecule has 1 amide bonds. The van der Waals surface area contributed by atoms with Gasteiger partial charge in [0.1, 0.15) is 0 Å². The molecule has 0 spiro atoms. The smallest absolute Gasteiger partial charge is 0.253 e. The molecule has 1 fully saturated rings. The molecule has 0 aromatic heterocycles. The highest BCUT2D eigenvalue weighted by Crippen LogP contribution is 2.10. The van der Waals surface area contributed by atoms with Crippen molar-refractivity contribution in [1.82, 2.24) is 15.1 Å². The largest absolute Gasteiger partial charge is 0.340 e. The van der Waals surface area contributed by atoms with Gasteiger partial charge in [-0.25, -0.2) is 0 Å². The summed E-state index contributed by atoms with van der Waals surface area (Å²) in [6.45, 7) is 9.26. The third kappa shape index (κ3) is 5.96. The molecule has 0 aliphatic carbocycles. The molecule has 2 rings (SSSR count). The van der Waals surface area contributed by atoms with Gasteiger partial charge in [-0.05, 0) is 43.6 Å². The Morgan fingerprint density at radius 1 is 1.17 bits per heavy atom. The predicted octanol–water partition coefficient (Wildman–Crippen LogP) is 2.74. The van der Waals surface area contributed by atoms with Crippen LogP contribution in [0.2, 0.25) is 0 Å². The molecular formula is C19H31N3O. The zero-order chi connectivity index (χ0) is 16.7. The highest BCUT2D eigenvalue weighted by atomic mass is 16.2. The van der Waals surface area contributed by atoms with Crippen molar-refractivity contribution in [3.05, 3.63) is 35.4 Å². The van der Waals surface area contributed by atoms with Crippen LogP contribution in [0.3, 0.4) is 0 Å². The summed E-state index contributed by atoms with van der Waals surface area (Å²) < 4.78 is 0. The number of piperidine rings is 1. The van der Waals surface area contributed by atoms with Crippen LogP contribution in [0.1, 0.15) is 49.0 Å². The second-order valence-electron chi connectivity index (χ2n) is 6.86. The Hall–Kier alpha value is -1.39. The number of likely N-dealkylation sites (N-methyl/N-ethyl adjacent to an activating group) is 1. The van der Waals surface area contributed by atoms with Crippen LogP contribution in [0.5, 0.6) is 0 Å². The van der Waals surface area contributed by atoms with E-state index in [9.17, 15) is 4.79 Å². The molecule has 1 aromatic rings. The van der Waals surface area contributed by atoms with E-state index in [0.717, 1.165) is 25.2 Å². The molecule has 0 saturated carbocycles. The fraction of sp³-hybridized carbons (Fsp3) is 0.632. The first-order valence-corrected chi connectivity index (χ1v) is 8.86. The van der Waals surface area contributed by atoms with E-state index in [4.69, 9.17) is 0 Å². The van der Waals surface area contributed by atoms with Gasteiger partial charge < -0.3 is 15.1 Å². The van der Waals surface area contributed by atoms with Crippen LogP contribution in [0.4, 0.5) is 0 Å². The van der Waals surface area contributed by atoms with Crippen LogP contribution >= 0.6 is 0 Å². The Morgan fingerprint density at radius 2 is 1.83 bits per heavy atom. The first-order valence-electron chi connectivity index (χ1n) is 8.86. The van der Waals surface area contributed by atoms with Gasteiger partial charge in [0.2, 0.25) is 0 Å². The van der Waals surface area contributed by atoms with E-state index in [-0.39, 0.29) is 5.91 Å². The third-order valence-corrected chi connectivity index (χ3v) is 4.46. The van der Waals surface area contributed by atoms with Gasteiger partial charge in [-0.3, -0.25) is 4.79 Å². The topological polar surface area (TPSA) is 35.6 Å². The number of nitrogens with one attached hydrogen (secondary N) is 1. The molecule has 0 unspecified atom stereocenters. The van der Waals surface area contributed by atoms with Crippen LogP contribution in [-0.2, 0) is 6.54 Å². The molecule has 0 atom stereocenters. The molecule has 4 nitrogen and oxygen atoms in total. The maximum absolute atomic E-state index is 12.5. The number of rotatable bonds is 7. The number of likely N-dealkylation sites (tertiary alicyclic amines) is 1. The summed E-state index contributed by atoms with van der Waals surface area (Å²) in [5.41, 5.74) is 1.99. The predicted molar refractivity (Wildman–Crippen MR) is 95.7 cm³/mol. The Kier molecular flexibility index (Phi) is 7.06. The van der Waals surface area contributed by atoms with E-state index in [0.29, 0.717) is 6.04 Å². The van der Waals surface area contributed by atoms with E-state index in [1.807, 2.05) is 36.2 Å². The maximum atomic E-state index is 12.5. The first-order chi connectivity index (χ1) is 11.1. The number of carbonyl (C=O) groups is 1. The Morgan fingerprint density at radius 3 is 2.43 bits per heavy atom. The summed E-state index contributed by atoms with van der Waals surface area (Å²) in [5.74, 6) is 0.116. The average Bonchev–Trinajstić information content (AvgIpc) is 2.58. The molecule has 1 aliphatic heterocycles. The van der Waals surface area contributed by atoms with Crippen molar-refractivity contribution in [2.24, 2.45) is 0 Å². The molecule has 23 heavy (non-hydrogen) atoms. The van der Waals surface area contributed by atoms with E-state index in [2.05, 4.69) is 24.1 Å². The van der Waals surface area contributed by atoms with Crippen LogP contribution in [0.15, 0.2) is 24.3 Å². The lowest BCUT2D eigenvalue weighted by atomic mass is 10.1. The molecular weight excluding hydrogens is 286 g/mol. The molecule has 128 valence electrons. The highest BCUT2D eigenvalue weighted by molar-refractivity contribution is 5.94. The second-order valence-corrected chi connectivity index (χ2v) is 6.86. The normalized spacial score (nSPS) is 15.8. The zero-order valence-electron chi connectivity index (χ0n) is 14.8. The van der Waals surface area contributed by atoms with E-state index >= 15 is 0 Å². The van der Waals surface area contributed by atoms with Crippen LogP contribution < -0.4 is 5.32 Å². The summed E-state index contributed by atoms with van der Waals surface area (Å²) in [6, 6.07) is 8.44. The van der Waals surface area contributed by atoms with Crippen molar-refractivity contribution in [1.29, 1.82) is 0 Å². The minimum atomic E-state index is 0.116. The number of hydrogen-bond donors (Lipinski definition) is 1. The standard InChI is InChI=1S/C19H31N3O/c1-16(2)20-15-17-7-9-18(10-8-17)19(23)21(3)13-14-22-11-5-4-6-12-22/h7-10,16,20H,4-6,11-15H2,1-3H3. The lowest BCUT2D eigenvalue weighted by molar-refractivity contribution is 0.0773. The Bertz CT molecular complexity index is 478. The van der Waals surface area contributed by atoms with Gasteiger partial charge in [-0.1, -0.05) is 32.4 Å². The molecule has 0 bridgehead atoms. The minimum absolute atomic E-state index is 0.116. The van der Waals surface area contributed by atoms with Gasteiger partial charge in [0, 0.05) is 38.3 Å². The lowest BCUT2D eigenvalue weighted by Gasteiger charge is -2.28. The van der Waals surface area contributed by atoms with Crippen molar-refractivity contribution in [2.75, 3.05) is 33.2 Å². The molecule has 1 aromatic carbocycles. The van der Waals surface area contributed by atoms with Crippen LogP contribution in [0, 0.1) is 0 Å². The monoisotopic (exact) mass is 317 g/mol. The van der Waals surface area contributed by atoms with Crippen LogP contribution in [-0.4, -0.2) is 55.0 Å². The molecule has 1 N–H and O–H groups in total. The fourth-order valence-electron chi connectivity index (χ4n) is 2.88. The number of nitrogens with zero attached hydrogens (tertiary/aromatic N) is 2. The quantitative estimate of drug-likeness (QED) is 0.840. The van der Waals surface area contributed by atoms with Gasteiger partial charge in [0.25, 0.3) is 5.91 Å². The van der Waals surface area contributed by atoms with E-state index in [1.165, 1.54) is 37.9 Å². The number of hydrogen-bond acceptors (Lipinski definition) is 3. The summed E-state index contributed by atoms with van der Waals surface area (Å²) in [5, 5.41) is 3.39. The van der Waals surface area contributed by atoms with Crippen molar-refractivity contribution in [3.63, 3.8) is 0 Å². The summed E-state index contributed by atoms with van der Waals surface area (Å²) in [7, 11) is 1.90. The molecule has 1 saturated heterocycles. The second kappa shape index (κ2) is 9.04. The number of benzene rings is 1. The SMILES string of the molecule is CC(C)NCc1ccc(C(=O)N(C)CCN2CCCCC2)cc1. The highest BCUT2D eigenvalue weighted by Gasteiger charge is 2.14. The number of carbonyl (C=O) groups excluding carboxylic acids is 1. The van der Waals surface area contributed by atoms with Gasteiger partial charge in [-0.2, -0.15) is 0 Å². The molecule has 1 heterocycles. The fourth-order valence-corrected chi connectivity index (χ4v) is 2.88. The number of amides is 1. The minimum Gasteiger partial charge on any atom is -0.340 e. The van der Waals surface area contributed by atoms with Crippen molar-refractivity contribution >= 4 is 5.91 Å². The van der Waals surface area contributed by atoms with Gasteiger partial charge >= 0.3 is 0 Å². The maximum Gasteiger partial charge on any atom is 0.253 e. The Labute approximate surface area is 140 Å². The van der Waals surface area contributed by atoms with Gasteiger partial charge in [0.15, 0.2) is 0 Å². The summed E-state index contributed by atoms with van der Waals surface area (Å²) >= 11 is 0. The van der Waals surface area contributed by atoms with Gasteiger partial charge in [0.05, 0.1) is 0 Å². The summed E-state index contributed by atoms with van der Waals surface area (Å²) in [6.07, 6.45) is 3.94. The first kappa shape index (κ1) is 18.0. The molecule has 1 aliphatic rings. The molecule has 4 heteroatoms.